The predicted molar refractivity (Wildman–Crippen MR) is 98.1 cm³/mol. The minimum Gasteiger partial charge on any atom is -0.296 e. The van der Waals surface area contributed by atoms with Gasteiger partial charge in [0.05, 0.1) is 17.2 Å². The Balaban J connectivity index is 4.40. The van der Waals surface area contributed by atoms with Crippen molar-refractivity contribution in [2.24, 2.45) is 15.5 Å². The Kier molecular flexibility index (Phi) is 12.0. The summed E-state index contributed by atoms with van der Waals surface area (Å²) >= 11 is 4.27. The van der Waals surface area contributed by atoms with Gasteiger partial charge in [0.25, 0.3) is 0 Å². The molecule has 0 N–H and O–H groups in total. The van der Waals surface area contributed by atoms with Gasteiger partial charge in [-0.3, -0.25) is 4.84 Å². The minimum absolute atomic E-state index is 0.348. The number of hydrogen-bond acceptors (Lipinski definition) is 7. The Labute approximate surface area is 141 Å². The van der Waals surface area contributed by atoms with Crippen LogP contribution >= 0.6 is 35.7 Å². The summed E-state index contributed by atoms with van der Waals surface area (Å²) in [5.41, 5.74) is 0. The fraction of sp³-hybridized carbons (Fsp3) is 0.769. The fourth-order valence-corrected chi connectivity index (χ4v) is 2.86. The molecule has 0 radical (unpaired) electrons. The molecule has 0 aliphatic carbocycles. The molecule has 0 bridgehead atoms. The molecule has 0 unspecified atom stereocenters. The largest absolute Gasteiger partial charge is 0.447 e. The maximum absolute atomic E-state index is 11.7. The summed E-state index contributed by atoms with van der Waals surface area (Å²) in [6.45, 7) is 8.15. The van der Waals surface area contributed by atoms with Crippen molar-refractivity contribution in [3.8, 4) is 0 Å². The highest BCUT2D eigenvalue weighted by Crippen LogP contribution is 2.20. The van der Waals surface area contributed by atoms with E-state index in [9.17, 15) is 4.79 Å². The van der Waals surface area contributed by atoms with E-state index in [2.05, 4.69) is 30.3 Å². The van der Waals surface area contributed by atoms with Crippen LogP contribution in [0, 0.1) is 5.92 Å². The first kappa shape index (κ1) is 20.7. The molecule has 0 heterocycles. The number of amides is 1. The van der Waals surface area contributed by atoms with E-state index in [0.29, 0.717) is 11.0 Å². The average Bonchev–Trinajstić information content (AvgIpc) is 2.46. The van der Waals surface area contributed by atoms with E-state index in [1.165, 1.54) is 28.9 Å². The molecule has 0 fully saturated rings. The number of unbranched alkanes of at least 4 members (excludes halogenated alkanes) is 1. The maximum atomic E-state index is 11.7. The Morgan fingerprint density at radius 1 is 1.38 bits per heavy atom. The van der Waals surface area contributed by atoms with Gasteiger partial charge in [-0.2, -0.15) is 4.40 Å². The molecule has 8 heteroatoms. The number of hydrogen-bond donors (Lipinski definition) is 0. The summed E-state index contributed by atoms with van der Waals surface area (Å²) in [5.74, 6) is 1.40. The molecule has 0 rings (SSSR count). The van der Waals surface area contributed by atoms with Gasteiger partial charge in [-0.25, -0.2) is 9.10 Å². The third kappa shape index (κ3) is 10.1. The number of thioether (sulfide) groups is 2. The standard InChI is InChI=1S/C13H25N3O2S3/c1-7-8-9-20-12(10(2)3)15-21-16(5)13(17)18-14-11(4)19-6/h10H,7-9H2,1-6H3. The first-order valence-electron chi connectivity index (χ1n) is 6.83. The van der Waals surface area contributed by atoms with Gasteiger partial charge in [-0.05, 0) is 25.4 Å². The number of nitrogens with zero attached hydrogens (tertiary/aromatic N) is 3. The van der Waals surface area contributed by atoms with Crippen molar-refractivity contribution in [2.75, 3.05) is 19.1 Å². The third-order valence-corrected chi connectivity index (χ3v) is 5.10. The van der Waals surface area contributed by atoms with Crippen LogP contribution in [0.3, 0.4) is 0 Å². The van der Waals surface area contributed by atoms with Crippen molar-refractivity contribution < 1.29 is 9.63 Å². The molecule has 0 aromatic heterocycles. The molecule has 21 heavy (non-hydrogen) atoms. The van der Waals surface area contributed by atoms with E-state index in [4.69, 9.17) is 4.84 Å². The van der Waals surface area contributed by atoms with Gasteiger partial charge in [-0.15, -0.1) is 23.5 Å². The van der Waals surface area contributed by atoms with Crippen molar-refractivity contribution in [3.63, 3.8) is 0 Å². The summed E-state index contributed by atoms with van der Waals surface area (Å²) in [6.07, 6.45) is 3.68. The maximum Gasteiger partial charge on any atom is 0.447 e. The van der Waals surface area contributed by atoms with Crippen LogP contribution in [-0.4, -0.2) is 39.5 Å². The van der Waals surface area contributed by atoms with Gasteiger partial charge in [0.1, 0.15) is 5.04 Å². The van der Waals surface area contributed by atoms with Gasteiger partial charge in [0, 0.05) is 13.0 Å². The Morgan fingerprint density at radius 2 is 2.05 bits per heavy atom. The number of rotatable bonds is 7. The van der Waals surface area contributed by atoms with Crippen LogP contribution in [0.25, 0.3) is 0 Å². The highest BCUT2D eigenvalue weighted by atomic mass is 32.2. The van der Waals surface area contributed by atoms with E-state index in [1.807, 2.05) is 6.26 Å². The monoisotopic (exact) mass is 351 g/mol. The Bertz CT molecular complexity index is 374. The van der Waals surface area contributed by atoms with E-state index >= 15 is 0 Å². The molecule has 0 aliphatic heterocycles. The Hall–Kier alpha value is -0.340. The van der Waals surface area contributed by atoms with Gasteiger partial charge >= 0.3 is 6.09 Å². The lowest BCUT2D eigenvalue weighted by Gasteiger charge is -2.13. The number of oxime groups is 1. The van der Waals surface area contributed by atoms with Gasteiger partial charge in [0.2, 0.25) is 0 Å². The SMILES string of the molecule is CCCCSC(=NSN(C)C(=O)ON=C(C)SC)C(C)C. The molecule has 0 aliphatic rings. The highest BCUT2D eigenvalue weighted by molar-refractivity contribution is 8.14. The average molecular weight is 352 g/mol. The summed E-state index contributed by atoms with van der Waals surface area (Å²) < 4.78 is 5.76. The van der Waals surface area contributed by atoms with Crippen molar-refractivity contribution in [2.45, 2.75) is 40.5 Å². The van der Waals surface area contributed by atoms with E-state index < -0.39 is 6.09 Å². The van der Waals surface area contributed by atoms with Crippen LogP contribution in [0.4, 0.5) is 4.79 Å². The van der Waals surface area contributed by atoms with Crippen LogP contribution < -0.4 is 0 Å². The van der Waals surface area contributed by atoms with Crippen molar-refractivity contribution in [3.05, 3.63) is 0 Å². The van der Waals surface area contributed by atoms with E-state index in [0.717, 1.165) is 22.9 Å². The topological polar surface area (TPSA) is 54.3 Å². The van der Waals surface area contributed by atoms with Crippen molar-refractivity contribution in [1.29, 1.82) is 0 Å². The lowest BCUT2D eigenvalue weighted by molar-refractivity contribution is 0.137. The van der Waals surface area contributed by atoms with Crippen LogP contribution in [0.15, 0.2) is 9.55 Å². The van der Waals surface area contributed by atoms with E-state index in [-0.39, 0.29) is 0 Å². The number of carbonyl (C=O) groups excluding carboxylic acids is 1. The Morgan fingerprint density at radius 3 is 2.57 bits per heavy atom. The van der Waals surface area contributed by atoms with Crippen LogP contribution in [0.5, 0.6) is 0 Å². The first-order chi connectivity index (χ1) is 9.92. The molecule has 0 atom stereocenters. The summed E-state index contributed by atoms with van der Waals surface area (Å²) in [4.78, 5) is 16.5. The van der Waals surface area contributed by atoms with Crippen LogP contribution in [0.2, 0.25) is 0 Å². The minimum atomic E-state index is -0.529. The second kappa shape index (κ2) is 12.2. The lowest BCUT2D eigenvalue weighted by atomic mass is 10.2. The second-order valence-electron chi connectivity index (χ2n) is 4.54. The van der Waals surface area contributed by atoms with Gasteiger partial charge in [-0.1, -0.05) is 32.3 Å². The molecule has 0 aromatic rings. The number of carbonyl (C=O) groups is 1. The molecule has 5 nitrogen and oxygen atoms in total. The molecule has 0 saturated heterocycles. The zero-order valence-electron chi connectivity index (χ0n) is 13.6. The summed E-state index contributed by atoms with van der Waals surface area (Å²) in [6, 6.07) is 0. The zero-order chi connectivity index (χ0) is 16.3. The zero-order valence-corrected chi connectivity index (χ0v) is 16.0. The molecule has 0 saturated carbocycles. The first-order valence-corrected chi connectivity index (χ1v) is 9.77. The van der Waals surface area contributed by atoms with Crippen LogP contribution in [0.1, 0.15) is 40.5 Å². The van der Waals surface area contributed by atoms with Crippen molar-refractivity contribution in [1.82, 2.24) is 4.31 Å². The quantitative estimate of drug-likeness (QED) is 0.163. The smallest absolute Gasteiger partial charge is 0.296 e. The summed E-state index contributed by atoms with van der Waals surface area (Å²) in [7, 11) is 1.62. The van der Waals surface area contributed by atoms with Gasteiger partial charge < -0.3 is 0 Å². The second-order valence-corrected chi connectivity index (χ2v) is 7.54. The highest BCUT2D eigenvalue weighted by Gasteiger charge is 2.13. The predicted octanol–water partition coefficient (Wildman–Crippen LogP) is 4.90. The van der Waals surface area contributed by atoms with Crippen LogP contribution in [-0.2, 0) is 4.84 Å². The van der Waals surface area contributed by atoms with Gasteiger partial charge in [0.15, 0.2) is 0 Å². The molecule has 0 spiro atoms. The fourth-order valence-electron chi connectivity index (χ4n) is 0.952. The molecule has 0 aromatic carbocycles. The van der Waals surface area contributed by atoms with Crippen molar-refractivity contribution >= 4 is 51.8 Å². The molecule has 1 amide bonds. The lowest BCUT2D eigenvalue weighted by Crippen LogP contribution is -2.19. The summed E-state index contributed by atoms with van der Waals surface area (Å²) in [5, 5.41) is 5.44. The molecular weight excluding hydrogens is 326 g/mol. The molecule has 122 valence electrons. The third-order valence-electron chi connectivity index (χ3n) is 2.30. The normalized spacial score (nSPS) is 12.7. The molecular formula is C13H25N3O2S3. The van der Waals surface area contributed by atoms with E-state index in [1.54, 1.807) is 25.7 Å².